The van der Waals surface area contributed by atoms with E-state index in [0.717, 1.165) is 28.4 Å². The van der Waals surface area contributed by atoms with Crippen LogP contribution < -0.4 is 10.6 Å². The highest BCUT2D eigenvalue weighted by Gasteiger charge is 2.16. The van der Waals surface area contributed by atoms with Crippen LogP contribution in [0.2, 0.25) is 0 Å². The van der Waals surface area contributed by atoms with E-state index >= 15 is 0 Å². The zero-order chi connectivity index (χ0) is 24.1. The molecule has 0 radical (unpaired) electrons. The van der Waals surface area contributed by atoms with E-state index in [1.54, 1.807) is 12.1 Å². The fourth-order valence-corrected chi connectivity index (χ4v) is 3.93. The molecule has 0 bridgehead atoms. The van der Waals surface area contributed by atoms with Crippen molar-refractivity contribution >= 4 is 51.4 Å². The fourth-order valence-electron chi connectivity index (χ4n) is 3.93. The molecule has 7 nitrogen and oxygen atoms in total. The summed E-state index contributed by atoms with van der Waals surface area (Å²) in [5.74, 6) is -1.69. The van der Waals surface area contributed by atoms with Crippen molar-refractivity contribution in [3.8, 4) is 0 Å². The molecule has 0 atom stereocenters. The number of hydrogen-bond acceptors (Lipinski definition) is 4. The van der Waals surface area contributed by atoms with Crippen molar-refractivity contribution in [2.75, 3.05) is 11.9 Å². The molecule has 2 amide bonds. The number of aryl methyl sites for hydroxylation is 1. The summed E-state index contributed by atoms with van der Waals surface area (Å²) in [6.07, 6.45) is 1.50. The van der Waals surface area contributed by atoms with Gasteiger partial charge in [-0.3, -0.25) is 9.59 Å². The number of ether oxygens (including phenoxy) is 1. The van der Waals surface area contributed by atoms with Crippen LogP contribution in [0.1, 0.15) is 19.4 Å². The number of carbonyl (C=O) groups excluding carboxylic acids is 3. The number of benzene rings is 3. The minimum Gasteiger partial charge on any atom is -0.451 e. The highest BCUT2D eigenvalue weighted by molar-refractivity contribution is 6.10. The van der Waals surface area contributed by atoms with E-state index in [2.05, 4.69) is 34.3 Å². The largest absolute Gasteiger partial charge is 0.451 e. The van der Waals surface area contributed by atoms with Crippen LogP contribution in [-0.2, 0) is 25.7 Å². The summed E-state index contributed by atoms with van der Waals surface area (Å²) in [6.45, 7) is 3.74. The molecule has 1 aromatic heterocycles. The van der Waals surface area contributed by atoms with E-state index in [1.165, 1.54) is 13.0 Å². The maximum Gasteiger partial charge on any atom is 0.355 e. The van der Waals surface area contributed by atoms with Crippen molar-refractivity contribution < 1.29 is 19.1 Å². The minimum absolute atomic E-state index is 0.0414. The lowest BCUT2D eigenvalue weighted by Crippen LogP contribution is -2.28. The molecule has 0 saturated heterocycles. The lowest BCUT2D eigenvalue weighted by Gasteiger charge is -2.10. The van der Waals surface area contributed by atoms with Crippen molar-refractivity contribution in [2.45, 2.75) is 20.4 Å². The summed E-state index contributed by atoms with van der Waals surface area (Å²) in [5, 5.41) is 7.38. The van der Waals surface area contributed by atoms with Gasteiger partial charge in [-0.1, -0.05) is 48.5 Å². The summed E-state index contributed by atoms with van der Waals surface area (Å²) in [5.41, 5.74) is 3.49. The van der Waals surface area contributed by atoms with Gasteiger partial charge in [0.15, 0.2) is 6.61 Å². The van der Waals surface area contributed by atoms with Crippen molar-refractivity contribution in [2.24, 2.45) is 0 Å². The lowest BCUT2D eigenvalue weighted by atomic mass is 10.1. The molecule has 0 unspecified atom stereocenters. The minimum atomic E-state index is -0.796. The van der Waals surface area contributed by atoms with Crippen molar-refractivity contribution in [1.29, 1.82) is 0 Å². The van der Waals surface area contributed by atoms with Gasteiger partial charge in [0, 0.05) is 41.0 Å². The Balaban J connectivity index is 1.47. The zero-order valence-electron chi connectivity index (χ0n) is 19.0. The normalized spacial score (nSPS) is 11.4. The van der Waals surface area contributed by atoms with Crippen LogP contribution in [0.4, 0.5) is 5.69 Å². The van der Waals surface area contributed by atoms with Gasteiger partial charge >= 0.3 is 5.97 Å². The summed E-state index contributed by atoms with van der Waals surface area (Å²) in [7, 11) is 0. The standard InChI is InChI=1S/C27H25N3O4/c1-3-30-24-12-8-7-11-21(24)22-16-20(13-14-25(22)30)29-26(32)17-34-27(33)23(28-18(2)31)15-19-9-5-4-6-10-19/h4-16H,3,17H2,1-2H3,(H,28,31)(H,29,32)/b23-15+. The lowest BCUT2D eigenvalue weighted by molar-refractivity contribution is -0.144. The molecule has 2 N–H and O–H groups in total. The Morgan fingerprint density at radius 1 is 0.912 bits per heavy atom. The molecule has 0 spiro atoms. The quantitative estimate of drug-likeness (QED) is 0.318. The molecule has 3 aromatic carbocycles. The van der Waals surface area contributed by atoms with Crippen LogP contribution in [-0.4, -0.2) is 29.0 Å². The molecule has 0 fully saturated rings. The number of nitrogens with zero attached hydrogens (tertiary/aromatic N) is 1. The van der Waals surface area contributed by atoms with E-state index in [4.69, 9.17) is 4.74 Å². The first-order valence-corrected chi connectivity index (χ1v) is 11.0. The molecule has 172 valence electrons. The number of hydrogen-bond donors (Lipinski definition) is 2. The number of fused-ring (bicyclic) bond motifs is 3. The smallest absolute Gasteiger partial charge is 0.355 e. The van der Waals surface area contributed by atoms with Gasteiger partial charge in [0.2, 0.25) is 5.91 Å². The fraction of sp³-hybridized carbons (Fsp3) is 0.148. The molecular weight excluding hydrogens is 430 g/mol. The molecule has 4 aromatic rings. The number of anilines is 1. The molecular formula is C27H25N3O4. The third-order valence-corrected chi connectivity index (χ3v) is 5.35. The second kappa shape index (κ2) is 10.0. The van der Waals surface area contributed by atoms with Crippen LogP contribution in [0.25, 0.3) is 27.9 Å². The summed E-state index contributed by atoms with van der Waals surface area (Å²) in [4.78, 5) is 36.5. The highest BCUT2D eigenvalue weighted by atomic mass is 16.5. The van der Waals surface area contributed by atoms with Gasteiger partial charge < -0.3 is 19.9 Å². The van der Waals surface area contributed by atoms with Gasteiger partial charge in [-0.05, 0) is 42.8 Å². The summed E-state index contributed by atoms with van der Waals surface area (Å²) >= 11 is 0. The second-order valence-corrected chi connectivity index (χ2v) is 7.77. The monoisotopic (exact) mass is 455 g/mol. The summed E-state index contributed by atoms with van der Waals surface area (Å²) < 4.78 is 7.38. The van der Waals surface area contributed by atoms with E-state index in [9.17, 15) is 14.4 Å². The highest BCUT2D eigenvalue weighted by Crippen LogP contribution is 2.30. The number of nitrogens with one attached hydrogen (secondary N) is 2. The van der Waals surface area contributed by atoms with Crippen molar-refractivity contribution in [1.82, 2.24) is 9.88 Å². The average molecular weight is 456 g/mol. The number of para-hydroxylation sites is 1. The Kier molecular flexibility index (Phi) is 6.73. The van der Waals surface area contributed by atoms with Gasteiger partial charge in [0.05, 0.1) is 0 Å². The Hall–Kier alpha value is -4.39. The Labute approximate surface area is 197 Å². The first-order valence-electron chi connectivity index (χ1n) is 11.0. The SMILES string of the molecule is CCn1c2ccccc2c2cc(NC(=O)COC(=O)/C(=C\c3ccccc3)NC(C)=O)ccc21. The van der Waals surface area contributed by atoms with Crippen molar-refractivity contribution in [3.05, 3.63) is 84.1 Å². The predicted molar refractivity (Wildman–Crippen MR) is 133 cm³/mol. The van der Waals surface area contributed by atoms with Crippen LogP contribution in [0.15, 0.2) is 78.5 Å². The zero-order valence-corrected chi connectivity index (χ0v) is 19.0. The van der Waals surface area contributed by atoms with E-state index in [0.29, 0.717) is 11.3 Å². The topological polar surface area (TPSA) is 89.4 Å². The molecule has 1 heterocycles. The first kappa shape index (κ1) is 22.8. The van der Waals surface area contributed by atoms with E-state index in [1.807, 2.05) is 48.5 Å². The first-order chi connectivity index (χ1) is 16.5. The Bertz CT molecular complexity index is 1400. The number of aromatic nitrogens is 1. The maximum atomic E-state index is 12.5. The molecule has 0 aliphatic carbocycles. The van der Waals surface area contributed by atoms with Gasteiger partial charge in [-0.15, -0.1) is 0 Å². The van der Waals surface area contributed by atoms with Crippen LogP contribution in [0.3, 0.4) is 0 Å². The van der Waals surface area contributed by atoms with Gasteiger partial charge in [-0.2, -0.15) is 0 Å². The molecule has 0 aliphatic heterocycles. The Morgan fingerprint density at radius 2 is 1.62 bits per heavy atom. The maximum absolute atomic E-state index is 12.5. The second-order valence-electron chi connectivity index (χ2n) is 7.77. The predicted octanol–water partition coefficient (Wildman–Crippen LogP) is 4.47. The Morgan fingerprint density at radius 3 is 2.35 bits per heavy atom. The van der Waals surface area contributed by atoms with Gasteiger partial charge in [-0.25, -0.2) is 4.79 Å². The van der Waals surface area contributed by atoms with Gasteiger partial charge in [0.25, 0.3) is 5.91 Å². The van der Waals surface area contributed by atoms with Crippen LogP contribution in [0.5, 0.6) is 0 Å². The average Bonchev–Trinajstić information content (AvgIpc) is 3.15. The molecule has 7 heteroatoms. The molecule has 0 aliphatic rings. The number of rotatable bonds is 7. The van der Waals surface area contributed by atoms with Crippen LogP contribution in [0, 0.1) is 0 Å². The molecule has 4 rings (SSSR count). The molecule has 0 saturated carbocycles. The van der Waals surface area contributed by atoms with Gasteiger partial charge in [0.1, 0.15) is 5.70 Å². The molecule has 34 heavy (non-hydrogen) atoms. The third kappa shape index (κ3) is 4.99. The third-order valence-electron chi connectivity index (χ3n) is 5.35. The number of carbonyl (C=O) groups is 3. The number of esters is 1. The van der Waals surface area contributed by atoms with Crippen LogP contribution >= 0.6 is 0 Å². The van der Waals surface area contributed by atoms with Crippen molar-refractivity contribution in [3.63, 3.8) is 0 Å². The number of amides is 2. The van der Waals surface area contributed by atoms with E-state index in [-0.39, 0.29) is 5.70 Å². The van der Waals surface area contributed by atoms with E-state index < -0.39 is 24.4 Å². The summed E-state index contributed by atoms with van der Waals surface area (Å²) in [6, 6.07) is 22.9.